The van der Waals surface area contributed by atoms with Gasteiger partial charge in [-0.05, 0) is 36.1 Å². The summed E-state index contributed by atoms with van der Waals surface area (Å²) in [7, 11) is -3.79. The van der Waals surface area contributed by atoms with Crippen LogP contribution >= 0.6 is 0 Å². The number of benzene rings is 2. The molecule has 4 rings (SSSR count). The highest BCUT2D eigenvalue weighted by Crippen LogP contribution is 2.51. The summed E-state index contributed by atoms with van der Waals surface area (Å²) in [5.41, 5.74) is 2.34. The lowest BCUT2D eigenvalue weighted by molar-refractivity contribution is -0.385. The molecule has 8 heteroatoms. The standard InChI is InChI=1S/C18H17N3O4S/c19-26(24,25)11-8-9-16-15(10-11)12-5-3-6-13(12)18(20-16)14-4-1-2-7-17(14)21(22)23/h1-5,7-10,12-13,18,20H,6H2,(H2,19,24,25)/t12-,13-,18-/m0/s1. The van der Waals surface area contributed by atoms with E-state index in [1.807, 2.05) is 12.2 Å². The van der Waals surface area contributed by atoms with E-state index >= 15 is 0 Å². The van der Waals surface area contributed by atoms with Crippen molar-refractivity contribution in [3.8, 4) is 0 Å². The Hall–Kier alpha value is -2.71. The number of para-hydroxylation sites is 1. The topological polar surface area (TPSA) is 115 Å². The molecule has 0 saturated carbocycles. The van der Waals surface area contributed by atoms with Gasteiger partial charge in [-0.3, -0.25) is 10.1 Å². The van der Waals surface area contributed by atoms with E-state index in [9.17, 15) is 18.5 Å². The van der Waals surface area contributed by atoms with Gasteiger partial charge in [0.05, 0.1) is 21.4 Å². The molecule has 7 nitrogen and oxygen atoms in total. The van der Waals surface area contributed by atoms with E-state index in [1.165, 1.54) is 12.1 Å². The summed E-state index contributed by atoms with van der Waals surface area (Å²) in [6.45, 7) is 0. The van der Waals surface area contributed by atoms with Crippen LogP contribution in [-0.4, -0.2) is 13.3 Å². The fourth-order valence-electron chi connectivity index (χ4n) is 3.97. The molecule has 0 spiro atoms. The van der Waals surface area contributed by atoms with Crippen molar-refractivity contribution in [2.45, 2.75) is 23.3 Å². The Kier molecular flexibility index (Phi) is 3.82. The van der Waals surface area contributed by atoms with E-state index in [0.717, 1.165) is 17.7 Å². The van der Waals surface area contributed by atoms with Gasteiger partial charge < -0.3 is 5.32 Å². The van der Waals surface area contributed by atoms with Crippen molar-refractivity contribution in [2.75, 3.05) is 5.32 Å². The number of nitro groups is 1. The Balaban J connectivity index is 1.83. The van der Waals surface area contributed by atoms with Crippen molar-refractivity contribution >= 4 is 21.4 Å². The van der Waals surface area contributed by atoms with Crippen LogP contribution in [-0.2, 0) is 10.0 Å². The fourth-order valence-corrected chi connectivity index (χ4v) is 4.52. The number of anilines is 1. The summed E-state index contributed by atoms with van der Waals surface area (Å²) < 4.78 is 23.4. The number of allylic oxidation sites excluding steroid dienone is 2. The Labute approximate surface area is 150 Å². The molecule has 0 saturated heterocycles. The summed E-state index contributed by atoms with van der Waals surface area (Å²) in [6, 6.07) is 11.2. The Morgan fingerprint density at radius 1 is 1.15 bits per heavy atom. The van der Waals surface area contributed by atoms with Gasteiger partial charge in [-0.15, -0.1) is 0 Å². The molecule has 2 aromatic carbocycles. The highest BCUT2D eigenvalue weighted by Gasteiger charge is 2.40. The zero-order chi connectivity index (χ0) is 18.5. The second-order valence-corrected chi connectivity index (χ2v) is 8.15. The number of nitro benzene ring substituents is 1. The Morgan fingerprint density at radius 2 is 1.92 bits per heavy atom. The van der Waals surface area contributed by atoms with E-state index in [2.05, 4.69) is 5.32 Å². The molecule has 0 aromatic heterocycles. The Bertz CT molecular complexity index is 1030. The molecule has 0 amide bonds. The predicted octanol–water partition coefficient (Wildman–Crippen LogP) is 3.07. The maximum absolute atomic E-state index is 11.7. The zero-order valence-corrected chi connectivity index (χ0v) is 14.5. The third kappa shape index (κ3) is 2.67. The molecule has 0 bridgehead atoms. The number of fused-ring (bicyclic) bond motifs is 3. The minimum Gasteiger partial charge on any atom is -0.377 e. The molecule has 0 unspecified atom stereocenters. The van der Waals surface area contributed by atoms with Gasteiger partial charge in [-0.1, -0.05) is 30.4 Å². The van der Waals surface area contributed by atoms with E-state index < -0.39 is 10.0 Å². The summed E-state index contributed by atoms with van der Waals surface area (Å²) in [5, 5.41) is 20.1. The minimum absolute atomic E-state index is 0.0160. The molecule has 26 heavy (non-hydrogen) atoms. The molecule has 2 aromatic rings. The van der Waals surface area contributed by atoms with Crippen molar-refractivity contribution in [2.24, 2.45) is 11.1 Å². The number of sulfonamides is 1. The lowest BCUT2D eigenvalue weighted by Gasteiger charge is -2.37. The average Bonchev–Trinajstić information content (AvgIpc) is 3.09. The highest BCUT2D eigenvalue weighted by molar-refractivity contribution is 7.89. The first-order valence-corrected chi connectivity index (χ1v) is 9.74. The summed E-state index contributed by atoms with van der Waals surface area (Å²) in [5.74, 6) is 0.0529. The maximum Gasteiger partial charge on any atom is 0.274 e. The number of nitrogens with two attached hydrogens (primary N) is 1. The second kappa shape index (κ2) is 5.93. The van der Waals surface area contributed by atoms with Gasteiger partial charge in [0.1, 0.15) is 0 Å². The fraction of sp³-hybridized carbons (Fsp3) is 0.222. The van der Waals surface area contributed by atoms with Gasteiger partial charge in [-0.25, -0.2) is 13.6 Å². The SMILES string of the molecule is NS(=O)(=O)c1ccc2c(c1)[C@H]1C=CC[C@@H]1[C@@H](c1ccccc1[N+](=O)[O-])N2. The molecular weight excluding hydrogens is 354 g/mol. The monoisotopic (exact) mass is 371 g/mol. The van der Waals surface area contributed by atoms with Crippen molar-refractivity contribution < 1.29 is 13.3 Å². The van der Waals surface area contributed by atoms with E-state index in [0.29, 0.717) is 5.56 Å². The summed E-state index contributed by atoms with van der Waals surface area (Å²) in [6.07, 6.45) is 4.84. The van der Waals surface area contributed by atoms with Crippen molar-refractivity contribution in [1.29, 1.82) is 0 Å². The van der Waals surface area contributed by atoms with Crippen molar-refractivity contribution in [1.82, 2.24) is 0 Å². The average molecular weight is 371 g/mol. The van der Waals surface area contributed by atoms with Crippen molar-refractivity contribution in [3.63, 3.8) is 0 Å². The van der Waals surface area contributed by atoms with Gasteiger partial charge in [0.15, 0.2) is 0 Å². The van der Waals surface area contributed by atoms with Gasteiger partial charge in [0.25, 0.3) is 5.69 Å². The van der Waals surface area contributed by atoms with Crippen LogP contribution in [0.2, 0.25) is 0 Å². The van der Waals surface area contributed by atoms with Gasteiger partial charge in [0.2, 0.25) is 10.0 Å². The van der Waals surface area contributed by atoms with Crippen LogP contribution in [0.1, 0.15) is 29.5 Å². The van der Waals surface area contributed by atoms with E-state index in [4.69, 9.17) is 5.14 Å². The number of nitrogens with one attached hydrogen (secondary N) is 1. The first-order chi connectivity index (χ1) is 12.4. The first-order valence-electron chi connectivity index (χ1n) is 8.19. The van der Waals surface area contributed by atoms with Gasteiger partial charge in [0, 0.05) is 17.7 Å². The molecule has 1 heterocycles. The summed E-state index contributed by atoms with van der Waals surface area (Å²) >= 11 is 0. The third-order valence-electron chi connectivity index (χ3n) is 5.13. The zero-order valence-electron chi connectivity index (χ0n) is 13.7. The van der Waals surface area contributed by atoms with Crippen LogP contribution in [0.25, 0.3) is 0 Å². The van der Waals surface area contributed by atoms with E-state index in [1.54, 1.807) is 30.3 Å². The highest BCUT2D eigenvalue weighted by atomic mass is 32.2. The smallest absolute Gasteiger partial charge is 0.274 e. The van der Waals surface area contributed by atoms with Gasteiger partial charge in [-0.2, -0.15) is 0 Å². The second-order valence-electron chi connectivity index (χ2n) is 6.59. The minimum atomic E-state index is -3.79. The molecule has 3 N–H and O–H groups in total. The maximum atomic E-state index is 11.7. The summed E-state index contributed by atoms with van der Waals surface area (Å²) in [4.78, 5) is 11.1. The number of nitrogens with zero attached hydrogens (tertiary/aromatic N) is 1. The largest absolute Gasteiger partial charge is 0.377 e. The van der Waals surface area contributed by atoms with Crippen LogP contribution in [0.5, 0.6) is 0 Å². The van der Waals surface area contributed by atoms with Crippen LogP contribution < -0.4 is 10.5 Å². The molecule has 3 atom stereocenters. The number of rotatable bonds is 3. The predicted molar refractivity (Wildman–Crippen MR) is 97.3 cm³/mol. The van der Waals surface area contributed by atoms with Crippen LogP contribution in [0.15, 0.2) is 59.5 Å². The van der Waals surface area contributed by atoms with Crippen LogP contribution in [0, 0.1) is 16.0 Å². The molecular formula is C18H17N3O4S. The lowest BCUT2D eigenvalue weighted by atomic mass is 9.76. The van der Waals surface area contributed by atoms with E-state index in [-0.39, 0.29) is 33.4 Å². The Morgan fingerprint density at radius 3 is 2.65 bits per heavy atom. The number of primary sulfonamides is 1. The molecule has 0 fully saturated rings. The normalized spacial score (nSPS) is 23.8. The van der Waals surface area contributed by atoms with Crippen LogP contribution in [0.4, 0.5) is 11.4 Å². The van der Waals surface area contributed by atoms with Crippen LogP contribution in [0.3, 0.4) is 0 Å². The third-order valence-corrected chi connectivity index (χ3v) is 6.04. The number of hydrogen-bond acceptors (Lipinski definition) is 5. The lowest BCUT2D eigenvalue weighted by Crippen LogP contribution is -2.30. The first kappa shape index (κ1) is 16.7. The quantitative estimate of drug-likeness (QED) is 0.489. The molecule has 1 aliphatic heterocycles. The number of hydrogen-bond donors (Lipinski definition) is 2. The molecule has 2 aliphatic rings. The molecule has 1 aliphatic carbocycles. The van der Waals surface area contributed by atoms with Gasteiger partial charge >= 0.3 is 0 Å². The van der Waals surface area contributed by atoms with Crippen molar-refractivity contribution in [3.05, 3.63) is 75.9 Å². The molecule has 0 radical (unpaired) electrons. The molecule has 134 valence electrons.